The van der Waals surface area contributed by atoms with Crippen molar-refractivity contribution in [2.24, 2.45) is 7.05 Å². The molecule has 6 heteroatoms. The number of aromatic nitrogens is 1. The zero-order chi connectivity index (χ0) is 11.5. The van der Waals surface area contributed by atoms with Gasteiger partial charge in [0.2, 0.25) is 10.0 Å². The van der Waals surface area contributed by atoms with Crippen LogP contribution < -0.4 is 4.72 Å². The topological polar surface area (TPSA) is 71.3 Å². The van der Waals surface area contributed by atoms with Crippen molar-refractivity contribution in [1.29, 1.82) is 0 Å². The molecule has 0 spiro atoms. The molecule has 0 saturated heterocycles. The summed E-state index contributed by atoms with van der Waals surface area (Å²) in [5.41, 5.74) is 0. The van der Waals surface area contributed by atoms with Gasteiger partial charge in [-0.1, -0.05) is 0 Å². The molecule has 1 aromatic heterocycles. The minimum Gasteiger partial charge on any atom is -0.396 e. The highest BCUT2D eigenvalue weighted by Crippen LogP contribution is 2.09. The van der Waals surface area contributed by atoms with Crippen molar-refractivity contribution in [3.63, 3.8) is 0 Å². The van der Waals surface area contributed by atoms with E-state index < -0.39 is 10.0 Å². The van der Waals surface area contributed by atoms with Gasteiger partial charge >= 0.3 is 0 Å². The lowest BCUT2D eigenvalue weighted by molar-refractivity contribution is 0.275. The summed E-state index contributed by atoms with van der Waals surface area (Å²) in [4.78, 5) is 0.245. The van der Waals surface area contributed by atoms with Crippen LogP contribution in [0.1, 0.15) is 13.3 Å². The second-order valence-electron chi connectivity index (χ2n) is 3.55. The van der Waals surface area contributed by atoms with E-state index in [1.54, 1.807) is 24.7 Å². The van der Waals surface area contributed by atoms with E-state index in [0.717, 1.165) is 0 Å². The van der Waals surface area contributed by atoms with Gasteiger partial charge in [0.25, 0.3) is 0 Å². The molecule has 1 rings (SSSR count). The molecule has 5 nitrogen and oxygen atoms in total. The maximum absolute atomic E-state index is 11.7. The van der Waals surface area contributed by atoms with Gasteiger partial charge in [-0.15, -0.1) is 0 Å². The van der Waals surface area contributed by atoms with E-state index in [0.29, 0.717) is 6.42 Å². The highest BCUT2D eigenvalue weighted by Gasteiger charge is 2.17. The van der Waals surface area contributed by atoms with Crippen molar-refractivity contribution in [3.8, 4) is 0 Å². The van der Waals surface area contributed by atoms with Crippen LogP contribution in [0.3, 0.4) is 0 Å². The summed E-state index contributed by atoms with van der Waals surface area (Å²) in [6, 6.07) is 1.27. The minimum absolute atomic E-state index is 0.0293. The quantitative estimate of drug-likeness (QED) is 0.755. The SMILES string of the molecule is CC(CCO)NS(=O)(=O)c1ccn(C)c1. The van der Waals surface area contributed by atoms with Gasteiger partial charge in [-0.25, -0.2) is 13.1 Å². The maximum atomic E-state index is 11.7. The van der Waals surface area contributed by atoms with Gasteiger partial charge in [0.1, 0.15) is 0 Å². The Balaban J connectivity index is 2.76. The summed E-state index contributed by atoms with van der Waals surface area (Å²) in [5, 5.41) is 8.67. The van der Waals surface area contributed by atoms with Gasteiger partial charge < -0.3 is 9.67 Å². The Morgan fingerprint density at radius 2 is 2.27 bits per heavy atom. The lowest BCUT2D eigenvalue weighted by Gasteiger charge is -2.11. The fraction of sp³-hybridized carbons (Fsp3) is 0.556. The van der Waals surface area contributed by atoms with E-state index in [1.807, 2.05) is 0 Å². The predicted molar refractivity (Wildman–Crippen MR) is 56.9 cm³/mol. The predicted octanol–water partition coefficient (Wildman–Crippen LogP) is 0.0743. The van der Waals surface area contributed by atoms with Crippen LogP contribution in [0, 0.1) is 0 Å². The van der Waals surface area contributed by atoms with Crippen molar-refractivity contribution in [1.82, 2.24) is 9.29 Å². The van der Waals surface area contributed by atoms with Crippen molar-refractivity contribution < 1.29 is 13.5 Å². The molecule has 0 bridgehead atoms. The highest BCUT2D eigenvalue weighted by molar-refractivity contribution is 7.89. The third kappa shape index (κ3) is 3.33. The number of hydrogen-bond donors (Lipinski definition) is 2. The number of nitrogens with one attached hydrogen (secondary N) is 1. The van der Waals surface area contributed by atoms with Gasteiger partial charge in [-0.2, -0.15) is 0 Å². The Kier molecular flexibility index (Phi) is 3.90. The van der Waals surface area contributed by atoms with E-state index in [9.17, 15) is 8.42 Å². The fourth-order valence-electron chi connectivity index (χ4n) is 1.22. The van der Waals surface area contributed by atoms with Gasteiger partial charge in [-0.05, 0) is 19.4 Å². The van der Waals surface area contributed by atoms with Crippen LogP contribution in [-0.4, -0.2) is 30.7 Å². The normalized spacial score (nSPS) is 14.1. The summed E-state index contributed by atoms with van der Waals surface area (Å²) in [7, 11) is -1.68. The van der Waals surface area contributed by atoms with Gasteiger partial charge in [0, 0.05) is 32.1 Å². The van der Waals surface area contributed by atoms with Crippen LogP contribution in [0.4, 0.5) is 0 Å². The molecule has 1 heterocycles. The Bertz CT molecular complexity index is 411. The molecule has 0 amide bonds. The summed E-state index contributed by atoms with van der Waals surface area (Å²) in [5.74, 6) is 0. The number of aryl methyl sites for hydroxylation is 1. The lowest BCUT2D eigenvalue weighted by atomic mass is 10.3. The molecular weight excluding hydrogens is 216 g/mol. The van der Waals surface area contributed by atoms with Crippen molar-refractivity contribution in [3.05, 3.63) is 18.5 Å². The number of aliphatic hydroxyl groups excluding tert-OH is 1. The standard InChI is InChI=1S/C9H16N2O3S/c1-8(4-6-12)10-15(13,14)9-3-5-11(2)7-9/h3,5,7-8,10,12H,4,6H2,1-2H3. The minimum atomic E-state index is -3.44. The summed E-state index contributed by atoms with van der Waals surface area (Å²) >= 11 is 0. The number of sulfonamides is 1. The summed E-state index contributed by atoms with van der Waals surface area (Å²) in [6.45, 7) is 1.69. The molecule has 0 aliphatic carbocycles. The Morgan fingerprint density at radius 3 is 2.73 bits per heavy atom. The van der Waals surface area contributed by atoms with Gasteiger partial charge in [0.15, 0.2) is 0 Å². The molecule has 0 fully saturated rings. The van der Waals surface area contributed by atoms with Crippen LogP contribution >= 0.6 is 0 Å². The number of aliphatic hydroxyl groups is 1. The van der Waals surface area contributed by atoms with Gasteiger partial charge in [0.05, 0.1) is 4.90 Å². The summed E-state index contributed by atoms with van der Waals surface area (Å²) in [6.07, 6.45) is 3.62. The smallest absolute Gasteiger partial charge is 0.242 e. The Labute approximate surface area is 89.8 Å². The van der Waals surface area contributed by atoms with Crippen molar-refractivity contribution in [2.75, 3.05) is 6.61 Å². The second kappa shape index (κ2) is 4.78. The van der Waals surface area contributed by atoms with Crippen LogP contribution in [0.2, 0.25) is 0 Å². The van der Waals surface area contributed by atoms with E-state index in [2.05, 4.69) is 4.72 Å². The number of nitrogens with zero attached hydrogens (tertiary/aromatic N) is 1. The molecule has 1 unspecified atom stereocenters. The molecule has 0 aromatic carbocycles. The molecule has 2 N–H and O–H groups in total. The number of hydrogen-bond acceptors (Lipinski definition) is 3. The van der Waals surface area contributed by atoms with Gasteiger partial charge in [-0.3, -0.25) is 0 Å². The Morgan fingerprint density at radius 1 is 1.60 bits per heavy atom. The molecule has 1 aromatic rings. The zero-order valence-corrected chi connectivity index (χ0v) is 9.66. The molecule has 0 radical (unpaired) electrons. The fourth-order valence-corrected chi connectivity index (χ4v) is 2.55. The second-order valence-corrected chi connectivity index (χ2v) is 5.26. The third-order valence-corrected chi connectivity index (χ3v) is 3.61. The number of rotatable bonds is 5. The van der Waals surface area contributed by atoms with Crippen LogP contribution in [0.15, 0.2) is 23.4 Å². The van der Waals surface area contributed by atoms with Crippen LogP contribution in [-0.2, 0) is 17.1 Å². The molecule has 0 aliphatic heterocycles. The van der Waals surface area contributed by atoms with E-state index in [4.69, 9.17) is 5.11 Å². The summed E-state index contributed by atoms with van der Waals surface area (Å²) < 4.78 is 27.6. The highest BCUT2D eigenvalue weighted by atomic mass is 32.2. The monoisotopic (exact) mass is 232 g/mol. The molecule has 1 atom stereocenters. The first-order valence-electron chi connectivity index (χ1n) is 4.71. The van der Waals surface area contributed by atoms with Crippen molar-refractivity contribution >= 4 is 10.0 Å². The van der Waals surface area contributed by atoms with E-state index >= 15 is 0 Å². The first kappa shape index (κ1) is 12.2. The molecule has 0 saturated carbocycles. The van der Waals surface area contributed by atoms with Crippen LogP contribution in [0.5, 0.6) is 0 Å². The van der Waals surface area contributed by atoms with Crippen molar-refractivity contribution in [2.45, 2.75) is 24.3 Å². The maximum Gasteiger partial charge on any atom is 0.242 e. The first-order valence-corrected chi connectivity index (χ1v) is 6.19. The third-order valence-electron chi connectivity index (χ3n) is 2.03. The van der Waals surface area contributed by atoms with E-state index in [1.165, 1.54) is 12.3 Å². The lowest BCUT2D eigenvalue weighted by Crippen LogP contribution is -2.33. The first-order chi connectivity index (χ1) is 6.95. The molecular formula is C9H16N2O3S. The van der Waals surface area contributed by atoms with E-state index in [-0.39, 0.29) is 17.5 Å². The molecule has 0 aliphatic rings. The zero-order valence-electron chi connectivity index (χ0n) is 8.84. The molecule has 86 valence electrons. The van der Waals surface area contributed by atoms with Crippen LogP contribution in [0.25, 0.3) is 0 Å². The molecule has 15 heavy (non-hydrogen) atoms. The average Bonchev–Trinajstić information content (AvgIpc) is 2.51. The Hall–Kier alpha value is -0.850. The average molecular weight is 232 g/mol. The largest absolute Gasteiger partial charge is 0.396 e.